The van der Waals surface area contributed by atoms with Gasteiger partial charge in [-0.3, -0.25) is 0 Å². The van der Waals surface area contributed by atoms with Crippen LogP contribution in [0.2, 0.25) is 5.02 Å². The average molecular weight is 273 g/mol. The van der Waals surface area contributed by atoms with Gasteiger partial charge in [0.25, 0.3) is 0 Å². The molecule has 1 rings (SSSR count). The van der Waals surface area contributed by atoms with Crippen LogP contribution in [0.3, 0.4) is 0 Å². The maximum atomic E-state index is 13.6. The Morgan fingerprint density at radius 2 is 2.00 bits per heavy atom. The third-order valence-corrected chi connectivity index (χ3v) is 3.59. The fourth-order valence-electron chi connectivity index (χ4n) is 1.98. The lowest BCUT2D eigenvalue weighted by Crippen LogP contribution is -2.31. The highest BCUT2D eigenvalue weighted by Crippen LogP contribution is 2.20. The second-order valence-electron chi connectivity index (χ2n) is 4.48. The number of halogens is 2. The summed E-state index contributed by atoms with van der Waals surface area (Å²) in [5.41, 5.74) is 6.58. The number of rotatable bonds is 7. The summed E-state index contributed by atoms with van der Waals surface area (Å²) in [5, 5.41) is 0.466. The summed E-state index contributed by atoms with van der Waals surface area (Å²) in [4.78, 5) is 2.31. The predicted octanol–water partition coefficient (Wildman–Crippen LogP) is 3.08. The fourth-order valence-corrected chi connectivity index (χ4v) is 2.22. The smallest absolute Gasteiger partial charge is 0.127 e. The minimum Gasteiger partial charge on any atom is -0.327 e. The van der Waals surface area contributed by atoms with E-state index in [-0.39, 0.29) is 11.9 Å². The van der Waals surface area contributed by atoms with Crippen molar-refractivity contribution in [2.45, 2.75) is 32.7 Å². The standard InChI is InChI=1S/C14H22ClFN2/c1-3-18(4-2)9-8-11(17)10-12-13(15)6-5-7-14(12)16/h5-7,11H,3-4,8-10,17H2,1-2H3. The van der Waals surface area contributed by atoms with E-state index in [9.17, 15) is 4.39 Å². The van der Waals surface area contributed by atoms with Crippen LogP contribution in [-0.2, 0) is 6.42 Å². The normalized spacial score (nSPS) is 13.0. The number of nitrogens with two attached hydrogens (primary N) is 1. The number of nitrogens with zero attached hydrogens (tertiary/aromatic N) is 1. The molecule has 1 aromatic carbocycles. The summed E-state index contributed by atoms with van der Waals surface area (Å²) in [7, 11) is 0. The highest BCUT2D eigenvalue weighted by atomic mass is 35.5. The van der Waals surface area contributed by atoms with Crippen molar-refractivity contribution in [2.75, 3.05) is 19.6 Å². The summed E-state index contributed by atoms with van der Waals surface area (Å²) in [6.45, 7) is 7.24. The summed E-state index contributed by atoms with van der Waals surface area (Å²) in [6.07, 6.45) is 1.35. The van der Waals surface area contributed by atoms with Crippen LogP contribution in [0.4, 0.5) is 4.39 Å². The highest BCUT2D eigenvalue weighted by Gasteiger charge is 2.12. The molecule has 2 nitrogen and oxygen atoms in total. The van der Waals surface area contributed by atoms with Gasteiger partial charge in [-0.15, -0.1) is 0 Å². The molecule has 0 bridgehead atoms. The molecule has 2 N–H and O–H groups in total. The Hall–Kier alpha value is -0.640. The van der Waals surface area contributed by atoms with E-state index in [0.717, 1.165) is 26.1 Å². The largest absolute Gasteiger partial charge is 0.327 e. The fraction of sp³-hybridized carbons (Fsp3) is 0.571. The zero-order valence-corrected chi connectivity index (χ0v) is 11.9. The molecule has 0 amide bonds. The molecule has 0 aliphatic rings. The molecule has 1 unspecified atom stereocenters. The molecule has 0 saturated carbocycles. The van der Waals surface area contributed by atoms with Crippen LogP contribution in [0.5, 0.6) is 0 Å². The van der Waals surface area contributed by atoms with E-state index in [1.54, 1.807) is 12.1 Å². The van der Waals surface area contributed by atoms with Gasteiger partial charge in [-0.05, 0) is 44.6 Å². The van der Waals surface area contributed by atoms with Crippen molar-refractivity contribution in [3.05, 3.63) is 34.6 Å². The monoisotopic (exact) mass is 272 g/mol. The third-order valence-electron chi connectivity index (χ3n) is 3.24. The van der Waals surface area contributed by atoms with Crippen LogP contribution in [0.25, 0.3) is 0 Å². The quantitative estimate of drug-likeness (QED) is 0.827. The van der Waals surface area contributed by atoms with E-state index in [1.165, 1.54) is 6.07 Å². The molecular formula is C14H22ClFN2. The van der Waals surface area contributed by atoms with Crippen LogP contribution < -0.4 is 5.73 Å². The first-order valence-corrected chi connectivity index (χ1v) is 6.87. The highest BCUT2D eigenvalue weighted by molar-refractivity contribution is 6.31. The van der Waals surface area contributed by atoms with Gasteiger partial charge in [0.05, 0.1) is 0 Å². The SMILES string of the molecule is CCN(CC)CCC(N)Cc1c(F)cccc1Cl. The summed E-state index contributed by atoms with van der Waals surface area (Å²) in [5.74, 6) is -0.263. The molecule has 4 heteroatoms. The Morgan fingerprint density at radius 3 is 2.56 bits per heavy atom. The van der Waals surface area contributed by atoms with Gasteiger partial charge in [0.1, 0.15) is 5.82 Å². The number of hydrogen-bond acceptors (Lipinski definition) is 2. The minimum atomic E-state index is -0.263. The van der Waals surface area contributed by atoms with Crippen LogP contribution in [0.1, 0.15) is 25.8 Å². The average Bonchev–Trinajstić information content (AvgIpc) is 2.35. The van der Waals surface area contributed by atoms with Crippen molar-refractivity contribution in [2.24, 2.45) is 5.73 Å². The van der Waals surface area contributed by atoms with Gasteiger partial charge < -0.3 is 10.6 Å². The van der Waals surface area contributed by atoms with Gasteiger partial charge in [0, 0.05) is 16.6 Å². The van der Waals surface area contributed by atoms with E-state index < -0.39 is 0 Å². The van der Waals surface area contributed by atoms with E-state index in [4.69, 9.17) is 17.3 Å². The molecule has 0 aliphatic heterocycles. The molecule has 0 aliphatic carbocycles. The molecule has 18 heavy (non-hydrogen) atoms. The van der Waals surface area contributed by atoms with E-state index in [1.807, 2.05) is 0 Å². The minimum absolute atomic E-state index is 0.0556. The first kappa shape index (κ1) is 15.4. The Bertz CT molecular complexity index is 347. The molecule has 0 spiro atoms. The lowest BCUT2D eigenvalue weighted by Gasteiger charge is -2.20. The van der Waals surface area contributed by atoms with E-state index >= 15 is 0 Å². The van der Waals surface area contributed by atoms with Crippen molar-refractivity contribution in [3.63, 3.8) is 0 Å². The maximum Gasteiger partial charge on any atom is 0.127 e. The summed E-state index contributed by atoms with van der Waals surface area (Å²) in [6, 6.07) is 4.69. The lowest BCUT2D eigenvalue weighted by atomic mass is 10.0. The molecular weight excluding hydrogens is 251 g/mol. The van der Waals surface area contributed by atoms with Crippen LogP contribution >= 0.6 is 11.6 Å². The van der Waals surface area contributed by atoms with Crippen LogP contribution in [-0.4, -0.2) is 30.6 Å². The molecule has 0 fully saturated rings. The third kappa shape index (κ3) is 4.56. The first-order valence-electron chi connectivity index (χ1n) is 6.49. The molecule has 102 valence electrons. The molecule has 0 saturated heterocycles. The van der Waals surface area contributed by atoms with Crippen molar-refractivity contribution in [1.29, 1.82) is 0 Å². The van der Waals surface area contributed by atoms with Crippen LogP contribution in [0, 0.1) is 5.82 Å². The Labute approximate surface area is 114 Å². The molecule has 0 heterocycles. The Kier molecular flexibility index (Phi) is 6.61. The van der Waals surface area contributed by atoms with Crippen molar-refractivity contribution in [1.82, 2.24) is 4.90 Å². The van der Waals surface area contributed by atoms with Gasteiger partial charge in [-0.1, -0.05) is 31.5 Å². The van der Waals surface area contributed by atoms with Gasteiger partial charge >= 0.3 is 0 Å². The molecule has 0 aromatic heterocycles. The zero-order valence-electron chi connectivity index (χ0n) is 11.1. The van der Waals surface area contributed by atoms with Crippen molar-refractivity contribution in [3.8, 4) is 0 Å². The van der Waals surface area contributed by atoms with Crippen molar-refractivity contribution >= 4 is 11.6 Å². The van der Waals surface area contributed by atoms with Crippen LogP contribution in [0.15, 0.2) is 18.2 Å². The van der Waals surface area contributed by atoms with Gasteiger partial charge in [0.15, 0.2) is 0 Å². The summed E-state index contributed by atoms with van der Waals surface area (Å²) >= 11 is 5.98. The number of hydrogen-bond donors (Lipinski definition) is 1. The van der Waals surface area contributed by atoms with Gasteiger partial charge in [-0.25, -0.2) is 4.39 Å². The van der Waals surface area contributed by atoms with Gasteiger partial charge in [-0.2, -0.15) is 0 Å². The van der Waals surface area contributed by atoms with E-state index in [2.05, 4.69) is 18.7 Å². The number of benzene rings is 1. The molecule has 1 atom stereocenters. The molecule has 1 aromatic rings. The molecule has 0 radical (unpaired) electrons. The summed E-state index contributed by atoms with van der Waals surface area (Å²) < 4.78 is 13.6. The predicted molar refractivity (Wildman–Crippen MR) is 75.5 cm³/mol. The van der Waals surface area contributed by atoms with E-state index in [0.29, 0.717) is 17.0 Å². The van der Waals surface area contributed by atoms with Crippen molar-refractivity contribution < 1.29 is 4.39 Å². The maximum absolute atomic E-state index is 13.6. The Balaban J connectivity index is 2.52. The lowest BCUT2D eigenvalue weighted by molar-refractivity contribution is 0.289. The second kappa shape index (κ2) is 7.72. The first-order chi connectivity index (χ1) is 8.58. The second-order valence-corrected chi connectivity index (χ2v) is 4.89. The topological polar surface area (TPSA) is 29.3 Å². The zero-order chi connectivity index (χ0) is 13.5. The van der Waals surface area contributed by atoms with Gasteiger partial charge in [0.2, 0.25) is 0 Å². The Morgan fingerprint density at radius 1 is 1.33 bits per heavy atom.